The molecule has 0 bridgehead atoms. The van der Waals surface area contributed by atoms with Crippen molar-refractivity contribution in [2.45, 2.75) is 26.5 Å². The maximum Gasteiger partial charge on any atom is 0.140 e. The van der Waals surface area contributed by atoms with Crippen LogP contribution in [0.5, 0.6) is 0 Å². The van der Waals surface area contributed by atoms with E-state index in [1.54, 1.807) is 17.5 Å². The highest BCUT2D eigenvalue weighted by Gasteiger charge is 2.09. The van der Waals surface area contributed by atoms with Crippen LogP contribution in [0.3, 0.4) is 0 Å². The van der Waals surface area contributed by atoms with Gasteiger partial charge in [-0.25, -0.2) is 9.97 Å². The van der Waals surface area contributed by atoms with Gasteiger partial charge in [0.2, 0.25) is 0 Å². The van der Waals surface area contributed by atoms with Gasteiger partial charge in [-0.05, 0) is 19.1 Å². The van der Waals surface area contributed by atoms with Gasteiger partial charge in [-0.1, -0.05) is 0 Å². The third kappa shape index (κ3) is 2.27. The van der Waals surface area contributed by atoms with E-state index in [1.165, 1.54) is 4.88 Å². The van der Waals surface area contributed by atoms with E-state index in [0.717, 1.165) is 35.3 Å². The SMILES string of the molecule is Cc1ncsc1CCn1cc(CO)c2cccnc21. The molecule has 0 aliphatic carbocycles. The van der Waals surface area contributed by atoms with E-state index in [2.05, 4.69) is 14.5 Å². The first-order chi connectivity index (χ1) is 9.29. The first-order valence-electron chi connectivity index (χ1n) is 6.22. The van der Waals surface area contributed by atoms with Crippen LogP contribution in [0.1, 0.15) is 16.1 Å². The average Bonchev–Trinajstić information content (AvgIpc) is 3.00. The second-order valence-electron chi connectivity index (χ2n) is 4.49. The van der Waals surface area contributed by atoms with E-state index in [0.29, 0.717) is 0 Å². The Balaban J connectivity index is 1.91. The van der Waals surface area contributed by atoms with E-state index in [9.17, 15) is 5.11 Å². The van der Waals surface area contributed by atoms with Gasteiger partial charge < -0.3 is 9.67 Å². The van der Waals surface area contributed by atoms with Crippen LogP contribution >= 0.6 is 11.3 Å². The Hall–Kier alpha value is -1.72. The molecule has 1 N–H and O–H groups in total. The largest absolute Gasteiger partial charge is 0.392 e. The summed E-state index contributed by atoms with van der Waals surface area (Å²) in [6, 6.07) is 3.90. The molecule has 3 heterocycles. The molecule has 3 aromatic rings. The summed E-state index contributed by atoms with van der Waals surface area (Å²) in [6.07, 6.45) is 4.73. The zero-order chi connectivity index (χ0) is 13.2. The predicted octanol–water partition coefficient (Wildman–Crippen LogP) is 2.54. The number of aromatic nitrogens is 3. The molecule has 0 radical (unpaired) electrons. The number of fused-ring (bicyclic) bond motifs is 1. The minimum atomic E-state index is 0.0504. The molecule has 3 aromatic heterocycles. The molecule has 0 amide bonds. The Morgan fingerprint density at radius 2 is 2.26 bits per heavy atom. The number of hydrogen-bond donors (Lipinski definition) is 1. The van der Waals surface area contributed by atoms with Crippen LogP contribution in [0, 0.1) is 6.92 Å². The molecule has 0 fully saturated rings. The van der Waals surface area contributed by atoms with Crippen LogP contribution in [-0.4, -0.2) is 19.6 Å². The highest BCUT2D eigenvalue weighted by atomic mass is 32.1. The van der Waals surface area contributed by atoms with Crippen molar-refractivity contribution in [2.24, 2.45) is 0 Å². The molecule has 98 valence electrons. The Bertz CT molecular complexity index is 702. The van der Waals surface area contributed by atoms with E-state index in [-0.39, 0.29) is 6.61 Å². The lowest BCUT2D eigenvalue weighted by molar-refractivity contribution is 0.283. The lowest BCUT2D eigenvalue weighted by atomic mass is 10.2. The molecule has 0 spiro atoms. The second kappa shape index (κ2) is 5.11. The number of hydrogen-bond acceptors (Lipinski definition) is 4. The second-order valence-corrected chi connectivity index (χ2v) is 5.43. The molecule has 4 nitrogen and oxygen atoms in total. The molecule has 0 saturated carbocycles. The summed E-state index contributed by atoms with van der Waals surface area (Å²) in [5.74, 6) is 0. The number of aryl methyl sites for hydroxylation is 3. The lowest BCUT2D eigenvalue weighted by Gasteiger charge is -2.03. The van der Waals surface area contributed by atoms with Crippen LogP contribution in [-0.2, 0) is 19.6 Å². The standard InChI is InChI=1S/C14H15N3OS/c1-10-13(19-9-16-10)4-6-17-7-11(8-18)12-3-2-5-15-14(12)17/h2-3,5,7,9,18H,4,6,8H2,1H3. The van der Waals surface area contributed by atoms with Gasteiger partial charge in [0.1, 0.15) is 5.65 Å². The number of aliphatic hydroxyl groups is 1. The highest BCUT2D eigenvalue weighted by Crippen LogP contribution is 2.21. The minimum absolute atomic E-state index is 0.0504. The molecule has 3 rings (SSSR count). The van der Waals surface area contributed by atoms with Gasteiger partial charge in [-0.2, -0.15) is 0 Å². The summed E-state index contributed by atoms with van der Waals surface area (Å²) in [4.78, 5) is 9.99. The highest BCUT2D eigenvalue weighted by molar-refractivity contribution is 7.09. The average molecular weight is 273 g/mol. The number of pyridine rings is 1. The Kier molecular flexibility index (Phi) is 3.31. The molecule has 0 saturated heterocycles. The fourth-order valence-corrected chi connectivity index (χ4v) is 3.05. The smallest absolute Gasteiger partial charge is 0.140 e. The summed E-state index contributed by atoms with van der Waals surface area (Å²) in [5, 5.41) is 10.4. The van der Waals surface area contributed by atoms with Gasteiger partial charge in [0.25, 0.3) is 0 Å². The van der Waals surface area contributed by atoms with Gasteiger partial charge in [0, 0.05) is 41.2 Å². The van der Waals surface area contributed by atoms with Crippen molar-refractivity contribution in [3.63, 3.8) is 0 Å². The minimum Gasteiger partial charge on any atom is -0.392 e. The first-order valence-corrected chi connectivity index (χ1v) is 7.10. The molecule has 0 unspecified atom stereocenters. The van der Waals surface area contributed by atoms with Crippen LogP contribution < -0.4 is 0 Å². The maximum absolute atomic E-state index is 9.40. The van der Waals surface area contributed by atoms with Gasteiger partial charge in [-0.15, -0.1) is 11.3 Å². The Morgan fingerprint density at radius 1 is 1.37 bits per heavy atom. The number of thiazole rings is 1. The molecule has 19 heavy (non-hydrogen) atoms. The number of nitrogens with zero attached hydrogens (tertiary/aromatic N) is 3. The summed E-state index contributed by atoms with van der Waals surface area (Å²) in [5.41, 5.74) is 4.87. The fraction of sp³-hybridized carbons (Fsp3) is 0.286. The topological polar surface area (TPSA) is 50.9 Å². The summed E-state index contributed by atoms with van der Waals surface area (Å²) in [6.45, 7) is 2.95. The zero-order valence-corrected chi connectivity index (χ0v) is 11.5. The van der Waals surface area contributed by atoms with Crippen LogP contribution in [0.25, 0.3) is 11.0 Å². The van der Waals surface area contributed by atoms with Crippen LogP contribution in [0.15, 0.2) is 30.0 Å². The Morgan fingerprint density at radius 3 is 3.00 bits per heavy atom. The van der Waals surface area contributed by atoms with Gasteiger partial charge in [0.15, 0.2) is 0 Å². The zero-order valence-electron chi connectivity index (χ0n) is 10.7. The number of rotatable bonds is 4. The summed E-state index contributed by atoms with van der Waals surface area (Å²) in [7, 11) is 0. The predicted molar refractivity (Wildman–Crippen MR) is 76.2 cm³/mol. The van der Waals surface area contributed by atoms with E-state index < -0.39 is 0 Å². The number of aliphatic hydroxyl groups excluding tert-OH is 1. The van der Waals surface area contributed by atoms with Gasteiger partial charge >= 0.3 is 0 Å². The van der Waals surface area contributed by atoms with E-state index in [4.69, 9.17) is 0 Å². The van der Waals surface area contributed by atoms with Crippen molar-refractivity contribution < 1.29 is 5.11 Å². The third-order valence-electron chi connectivity index (χ3n) is 3.31. The fourth-order valence-electron chi connectivity index (χ4n) is 2.28. The molecule has 0 atom stereocenters. The molecule has 5 heteroatoms. The van der Waals surface area contributed by atoms with Crippen molar-refractivity contribution in [2.75, 3.05) is 0 Å². The monoisotopic (exact) mass is 273 g/mol. The molecule has 0 aliphatic rings. The van der Waals surface area contributed by atoms with Gasteiger partial charge in [-0.3, -0.25) is 0 Å². The Labute approximate surface area is 115 Å². The van der Waals surface area contributed by atoms with Gasteiger partial charge in [0.05, 0.1) is 17.8 Å². The molecular weight excluding hydrogens is 258 g/mol. The third-order valence-corrected chi connectivity index (χ3v) is 4.31. The molecular formula is C14H15N3OS. The summed E-state index contributed by atoms with van der Waals surface area (Å²) >= 11 is 1.69. The lowest BCUT2D eigenvalue weighted by Crippen LogP contribution is -2.00. The maximum atomic E-state index is 9.40. The molecule has 0 aromatic carbocycles. The molecule has 0 aliphatic heterocycles. The van der Waals surface area contributed by atoms with Crippen LogP contribution in [0.2, 0.25) is 0 Å². The van der Waals surface area contributed by atoms with E-state index >= 15 is 0 Å². The van der Waals surface area contributed by atoms with Crippen molar-refractivity contribution in [1.29, 1.82) is 0 Å². The normalized spacial score (nSPS) is 11.3. The van der Waals surface area contributed by atoms with E-state index in [1.807, 2.05) is 30.8 Å². The first kappa shape index (κ1) is 12.3. The van der Waals surface area contributed by atoms with Crippen molar-refractivity contribution >= 4 is 22.4 Å². The van der Waals surface area contributed by atoms with Crippen molar-refractivity contribution in [1.82, 2.24) is 14.5 Å². The van der Waals surface area contributed by atoms with Crippen molar-refractivity contribution in [3.8, 4) is 0 Å². The van der Waals surface area contributed by atoms with Crippen molar-refractivity contribution in [3.05, 3.63) is 46.2 Å². The van der Waals surface area contributed by atoms with Crippen LogP contribution in [0.4, 0.5) is 0 Å². The summed E-state index contributed by atoms with van der Waals surface area (Å²) < 4.78 is 2.11. The quantitative estimate of drug-likeness (QED) is 0.794.